The molecule has 18 heavy (non-hydrogen) atoms. The van der Waals surface area contributed by atoms with E-state index in [0.29, 0.717) is 19.1 Å². The van der Waals surface area contributed by atoms with E-state index < -0.39 is 0 Å². The van der Waals surface area contributed by atoms with Gasteiger partial charge in [-0.1, -0.05) is 19.8 Å². The van der Waals surface area contributed by atoms with Gasteiger partial charge in [0.25, 0.3) is 0 Å². The van der Waals surface area contributed by atoms with Crippen LogP contribution in [0, 0.1) is 11.8 Å². The average Bonchev–Trinajstić information content (AvgIpc) is 2.34. The second kappa shape index (κ2) is 10.6. The highest BCUT2D eigenvalue weighted by Gasteiger charge is 2.18. The van der Waals surface area contributed by atoms with Crippen molar-refractivity contribution < 1.29 is 9.53 Å². The van der Waals surface area contributed by atoms with Crippen LogP contribution in [0.2, 0.25) is 0 Å². The van der Waals surface area contributed by atoms with Gasteiger partial charge in [0.2, 0.25) is 5.91 Å². The van der Waals surface area contributed by atoms with Crippen molar-refractivity contribution in [2.75, 3.05) is 33.4 Å². The molecule has 1 fully saturated rings. The van der Waals surface area contributed by atoms with E-state index in [2.05, 4.69) is 17.6 Å². The van der Waals surface area contributed by atoms with Gasteiger partial charge in [-0.05, 0) is 24.7 Å². The van der Waals surface area contributed by atoms with E-state index in [-0.39, 0.29) is 18.3 Å². The maximum Gasteiger partial charge on any atom is 0.233 e. The SMILES string of the molecule is COCCNCC(=O)NCC1CCC(C)CC1.Cl. The molecule has 0 aromatic carbocycles. The highest BCUT2D eigenvalue weighted by molar-refractivity contribution is 5.85. The molecule has 0 aromatic heterocycles. The van der Waals surface area contributed by atoms with E-state index in [0.717, 1.165) is 19.0 Å². The van der Waals surface area contributed by atoms with Gasteiger partial charge in [0, 0.05) is 20.2 Å². The van der Waals surface area contributed by atoms with Crippen LogP contribution in [0.25, 0.3) is 0 Å². The fraction of sp³-hybridized carbons (Fsp3) is 0.923. The average molecular weight is 279 g/mol. The van der Waals surface area contributed by atoms with Crippen LogP contribution in [0.3, 0.4) is 0 Å². The quantitative estimate of drug-likeness (QED) is 0.696. The summed E-state index contributed by atoms with van der Waals surface area (Å²) >= 11 is 0. The number of ether oxygens (including phenoxy) is 1. The van der Waals surface area contributed by atoms with Crippen molar-refractivity contribution in [2.45, 2.75) is 32.6 Å². The maximum atomic E-state index is 11.5. The summed E-state index contributed by atoms with van der Waals surface area (Å²) in [6.07, 6.45) is 5.15. The first-order chi connectivity index (χ1) is 8.22. The Bertz CT molecular complexity index is 219. The van der Waals surface area contributed by atoms with E-state index in [1.165, 1.54) is 25.7 Å². The lowest BCUT2D eigenvalue weighted by Gasteiger charge is -2.26. The molecule has 1 saturated carbocycles. The summed E-state index contributed by atoms with van der Waals surface area (Å²) in [5.74, 6) is 1.66. The van der Waals surface area contributed by atoms with Crippen LogP contribution in [0.5, 0.6) is 0 Å². The molecular weight excluding hydrogens is 252 g/mol. The standard InChI is InChI=1S/C13H26N2O2.ClH/c1-11-3-5-12(6-4-11)9-15-13(16)10-14-7-8-17-2;/h11-12,14H,3-10H2,1-2H3,(H,15,16);1H. The molecule has 1 aliphatic carbocycles. The number of nitrogens with one attached hydrogen (secondary N) is 2. The Morgan fingerprint density at radius 2 is 1.94 bits per heavy atom. The zero-order chi connectivity index (χ0) is 12.5. The highest BCUT2D eigenvalue weighted by Crippen LogP contribution is 2.27. The van der Waals surface area contributed by atoms with Crippen LogP contribution in [-0.2, 0) is 9.53 Å². The summed E-state index contributed by atoms with van der Waals surface area (Å²) in [4.78, 5) is 11.5. The fourth-order valence-electron chi connectivity index (χ4n) is 2.23. The van der Waals surface area contributed by atoms with Gasteiger partial charge in [0.05, 0.1) is 13.2 Å². The number of rotatable bonds is 7. The topological polar surface area (TPSA) is 50.4 Å². The zero-order valence-corrected chi connectivity index (χ0v) is 12.4. The summed E-state index contributed by atoms with van der Waals surface area (Å²) < 4.78 is 4.89. The monoisotopic (exact) mass is 278 g/mol. The van der Waals surface area contributed by atoms with E-state index in [9.17, 15) is 4.79 Å². The lowest BCUT2D eigenvalue weighted by molar-refractivity contribution is -0.120. The van der Waals surface area contributed by atoms with Crippen molar-refractivity contribution in [2.24, 2.45) is 11.8 Å². The summed E-state index contributed by atoms with van der Waals surface area (Å²) in [5, 5.41) is 6.05. The molecule has 0 aromatic rings. The zero-order valence-electron chi connectivity index (χ0n) is 11.5. The third-order valence-electron chi connectivity index (χ3n) is 3.49. The molecule has 2 N–H and O–H groups in total. The third kappa shape index (κ3) is 7.90. The molecule has 0 atom stereocenters. The minimum atomic E-state index is 0. The fourth-order valence-corrected chi connectivity index (χ4v) is 2.23. The molecule has 4 nitrogen and oxygen atoms in total. The summed E-state index contributed by atoms with van der Waals surface area (Å²) in [5.41, 5.74) is 0. The molecular formula is C13H27ClN2O2. The van der Waals surface area contributed by atoms with Crippen molar-refractivity contribution in [3.63, 3.8) is 0 Å². The predicted molar refractivity (Wildman–Crippen MR) is 76.1 cm³/mol. The van der Waals surface area contributed by atoms with Crippen LogP contribution in [-0.4, -0.2) is 39.3 Å². The van der Waals surface area contributed by atoms with Crippen LogP contribution in [0.1, 0.15) is 32.6 Å². The van der Waals surface area contributed by atoms with Crippen molar-refractivity contribution in [1.29, 1.82) is 0 Å². The molecule has 0 bridgehead atoms. The highest BCUT2D eigenvalue weighted by atomic mass is 35.5. The minimum absolute atomic E-state index is 0. The minimum Gasteiger partial charge on any atom is -0.383 e. The van der Waals surface area contributed by atoms with Crippen LogP contribution >= 0.6 is 12.4 Å². The number of halogens is 1. The Hall–Kier alpha value is -0.320. The second-order valence-electron chi connectivity index (χ2n) is 5.10. The first-order valence-electron chi connectivity index (χ1n) is 6.68. The van der Waals surface area contributed by atoms with Crippen LogP contribution in [0.15, 0.2) is 0 Å². The Kier molecular flexibility index (Phi) is 10.4. The predicted octanol–water partition coefficient (Wildman–Crippen LogP) is 1.59. The number of carbonyl (C=O) groups is 1. The first kappa shape index (κ1) is 17.7. The summed E-state index contributed by atoms with van der Waals surface area (Å²) in [6, 6.07) is 0. The van der Waals surface area contributed by atoms with Gasteiger partial charge in [0.15, 0.2) is 0 Å². The van der Waals surface area contributed by atoms with E-state index in [1.54, 1.807) is 7.11 Å². The van der Waals surface area contributed by atoms with Crippen LogP contribution < -0.4 is 10.6 Å². The second-order valence-corrected chi connectivity index (χ2v) is 5.10. The molecule has 0 radical (unpaired) electrons. The third-order valence-corrected chi connectivity index (χ3v) is 3.49. The molecule has 5 heteroatoms. The molecule has 0 heterocycles. The van der Waals surface area contributed by atoms with Crippen molar-refractivity contribution in [1.82, 2.24) is 10.6 Å². The van der Waals surface area contributed by atoms with Crippen molar-refractivity contribution in [3.05, 3.63) is 0 Å². The van der Waals surface area contributed by atoms with E-state index in [1.807, 2.05) is 0 Å². The van der Waals surface area contributed by atoms with E-state index >= 15 is 0 Å². The lowest BCUT2D eigenvalue weighted by atomic mass is 9.83. The molecule has 1 aliphatic rings. The molecule has 108 valence electrons. The largest absolute Gasteiger partial charge is 0.383 e. The Balaban J connectivity index is 0.00000289. The molecule has 0 aliphatic heterocycles. The van der Waals surface area contributed by atoms with Crippen molar-refractivity contribution in [3.8, 4) is 0 Å². The number of amides is 1. The Labute approximate surface area is 117 Å². The smallest absolute Gasteiger partial charge is 0.233 e. The molecule has 0 unspecified atom stereocenters. The first-order valence-corrected chi connectivity index (χ1v) is 6.68. The van der Waals surface area contributed by atoms with Gasteiger partial charge < -0.3 is 15.4 Å². The Morgan fingerprint density at radius 1 is 1.28 bits per heavy atom. The van der Waals surface area contributed by atoms with Gasteiger partial charge in [0.1, 0.15) is 0 Å². The van der Waals surface area contributed by atoms with Gasteiger partial charge in [-0.2, -0.15) is 0 Å². The molecule has 0 spiro atoms. The van der Waals surface area contributed by atoms with Gasteiger partial charge in [-0.25, -0.2) is 0 Å². The lowest BCUT2D eigenvalue weighted by Crippen LogP contribution is -2.38. The molecule has 0 saturated heterocycles. The number of hydrogen-bond acceptors (Lipinski definition) is 3. The molecule has 1 rings (SSSR count). The number of methoxy groups -OCH3 is 1. The number of carbonyl (C=O) groups excluding carboxylic acids is 1. The Morgan fingerprint density at radius 3 is 2.56 bits per heavy atom. The summed E-state index contributed by atoms with van der Waals surface area (Å²) in [7, 11) is 1.66. The van der Waals surface area contributed by atoms with Crippen LogP contribution in [0.4, 0.5) is 0 Å². The number of hydrogen-bond donors (Lipinski definition) is 2. The van der Waals surface area contributed by atoms with Gasteiger partial charge in [-0.15, -0.1) is 12.4 Å². The van der Waals surface area contributed by atoms with Gasteiger partial charge in [-0.3, -0.25) is 4.79 Å². The maximum absolute atomic E-state index is 11.5. The van der Waals surface area contributed by atoms with E-state index in [4.69, 9.17) is 4.74 Å². The van der Waals surface area contributed by atoms with Gasteiger partial charge >= 0.3 is 0 Å². The normalized spacial score (nSPS) is 23.2. The summed E-state index contributed by atoms with van der Waals surface area (Å²) in [6.45, 7) is 4.93. The molecule has 1 amide bonds. The van der Waals surface area contributed by atoms with Crippen molar-refractivity contribution >= 4 is 18.3 Å².